The summed E-state index contributed by atoms with van der Waals surface area (Å²) in [6.45, 7) is 4.56. The summed E-state index contributed by atoms with van der Waals surface area (Å²) in [7, 11) is 4.58. The Kier molecular flexibility index (Phi) is 6.80. The fraction of sp³-hybridized carbons (Fsp3) is 0.778. The summed E-state index contributed by atoms with van der Waals surface area (Å²) < 4.78 is 20.4. The molecule has 0 aliphatic heterocycles. The summed E-state index contributed by atoms with van der Waals surface area (Å²) in [5.41, 5.74) is 0. The Morgan fingerprint density at radius 1 is 1.15 bits per heavy atom. The molecule has 0 aromatic heterocycles. The summed E-state index contributed by atoms with van der Waals surface area (Å²) in [5.74, 6) is -0.985. The maximum atomic E-state index is 5.19. The molecule has 0 saturated heterocycles. The molecule has 0 spiro atoms. The average molecular weight is 190 g/mol. The first-order valence-corrected chi connectivity index (χ1v) is 4.08. The van der Waals surface area contributed by atoms with Gasteiger partial charge in [0.15, 0.2) is 0 Å². The largest absolute Gasteiger partial charge is 0.377 e. The van der Waals surface area contributed by atoms with Gasteiger partial charge in [-0.05, 0) is 0 Å². The molecular formula is C9H18O4. The van der Waals surface area contributed by atoms with Crippen molar-refractivity contribution in [2.75, 3.05) is 34.5 Å². The SMILES string of the molecule is C=CCOCCC(OC)(OC)OC. The van der Waals surface area contributed by atoms with Gasteiger partial charge in [-0.3, -0.25) is 0 Å². The molecule has 78 valence electrons. The zero-order valence-electron chi connectivity index (χ0n) is 8.54. The monoisotopic (exact) mass is 190 g/mol. The van der Waals surface area contributed by atoms with Crippen LogP contribution in [-0.4, -0.2) is 40.5 Å². The van der Waals surface area contributed by atoms with Crippen LogP contribution < -0.4 is 0 Å². The minimum Gasteiger partial charge on any atom is -0.377 e. The van der Waals surface area contributed by atoms with Crippen molar-refractivity contribution in [3.63, 3.8) is 0 Å². The predicted octanol–water partition coefficient (Wildman–Crippen LogP) is 1.17. The summed E-state index contributed by atoms with van der Waals surface area (Å²) >= 11 is 0. The van der Waals surface area contributed by atoms with Crippen LogP contribution in [0.4, 0.5) is 0 Å². The second-order valence-electron chi connectivity index (χ2n) is 2.41. The molecule has 4 heteroatoms. The van der Waals surface area contributed by atoms with Gasteiger partial charge in [-0.25, -0.2) is 0 Å². The highest BCUT2D eigenvalue weighted by molar-refractivity contribution is 4.64. The molecule has 4 nitrogen and oxygen atoms in total. The molecule has 0 aromatic rings. The lowest BCUT2D eigenvalue weighted by Gasteiger charge is -2.28. The fourth-order valence-corrected chi connectivity index (χ4v) is 0.920. The molecule has 0 aliphatic rings. The van der Waals surface area contributed by atoms with Gasteiger partial charge in [-0.15, -0.1) is 6.58 Å². The van der Waals surface area contributed by atoms with Gasteiger partial charge in [-0.2, -0.15) is 0 Å². The zero-order valence-corrected chi connectivity index (χ0v) is 8.54. The molecule has 0 radical (unpaired) electrons. The Morgan fingerprint density at radius 2 is 1.69 bits per heavy atom. The summed E-state index contributed by atoms with van der Waals surface area (Å²) in [6, 6.07) is 0. The quantitative estimate of drug-likeness (QED) is 0.327. The smallest absolute Gasteiger partial charge is 0.284 e. The molecule has 0 fully saturated rings. The van der Waals surface area contributed by atoms with E-state index >= 15 is 0 Å². The van der Waals surface area contributed by atoms with E-state index < -0.39 is 5.97 Å². The first-order chi connectivity index (χ1) is 6.24. The molecule has 0 rings (SSSR count). The number of rotatable bonds is 8. The zero-order chi connectivity index (χ0) is 10.2. The summed E-state index contributed by atoms with van der Waals surface area (Å²) in [4.78, 5) is 0. The fourth-order valence-electron chi connectivity index (χ4n) is 0.920. The van der Waals surface area contributed by atoms with Crippen molar-refractivity contribution in [1.82, 2.24) is 0 Å². The van der Waals surface area contributed by atoms with Crippen molar-refractivity contribution in [3.8, 4) is 0 Å². The van der Waals surface area contributed by atoms with E-state index in [2.05, 4.69) is 6.58 Å². The van der Waals surface area contributed by atoms with Gasteiger partial charge in [-0.1, -0.05) is 6.08 Å². The van der Waals surface area contributed by atoms with Crippen molar-refractivity contribution in [1.29, 1.82) is 0 Å². The number of hydrogen-bond acceptors (Lipinski definition) is 4. The van der Waals surface area contributed by atoms with Crippen LogP contribution in [0.15, 0.2) is 12.7 Å². The third-order valence-corrected chi connectivity index (χ3v) is 1.72. The van der Waals surface area contributed by atoms with Crippen molar-refractivity contribution < 1.29 is 18.9 Å². The molecular weight excluding hydrogens is 172 g/mol. The van der Waals surface area contributed by atoms with E-state index in [-0.39, 0.29) is 0 Å². The molecule has 0 amide bonds. The Bertz CT molecular complexity index is 123. The van der Waals surface area contributed by atoms with Crippen molar-refractivity contribution in [2.45, 2.75) is 12.4 Å². The van der Waals surface area contributed by atoms with E-state index in [0.717, 1.165) is 0 Å². The molecule has 0 unspecified atom stereocenters. The van der Waals surface area contributed by atoms with Gasteiger partial charge < -0.3 is 18.9 Å². The second kappa shape index (κ2) is 7.03. The van der Waals surface area contributed by atoms with Gasteiger partial charge in [0, 0.05) is 21.3 Å². The third kappa shape index (κ3) is 4.38. The highest BCUT2D eigenvalue weighted by Gasteiger charge is 2.28. The van der Waals surface area contributed by atoms with Crippen LogP contribution in [0.5, 0.6) is 0 Å². The Morgan fingerprint density at radius 3 is 2.08 bits per heavy atom. The van der Waals surface area contributed by atoms with Crippen LogP contribution in [0.2, 0.25) is 0 Å². The van der Waals surface area contributed by atoms with Gasteiger partial charge in [0.2, 0.25) is 0 Å². The molecule has 0 saturated carbocycles. The summed E-state index contributed by atoms with van der Waals surface area (Å²) in [5, 5.41) is 0. The van der Waals surface area contributed by atoms with Gasteiger partial charge in [0.05, 0.1) is 19.6 Å². The minimum atomic E-state index is -0.985. The van der Waals surface area contributed by atoms with E-state index in [1.54, 1.807) is 6.08 Å². The standard InChI is InChI=1S/C9H18O4/c1-5-7-13-8-6-9(10-2,11-3)12-4/h5H,1,6-8H2,2-4H3. The van der Waals surface area contributed by atoms with Crippen LogP contribution in [0.25, 0.3) is 0 Å². The van der Waals surface area contributed by atoms with Gasteiger partial charge in [0.25, 0.3) is 5.97 Å². The molecule has 0 N–H and O–H groups in total. The number of hydrogen-bond donors (Lipinski definition) is 0. The summed E-state index contributed by atoms with van der Waals surface area (Å²) in [6.07, 6.45) is 2.21. The van der Waals surface area contributed by atoms with Gasteiger partial charge >= 0.3 is 0 Å². The van der Waals surface area contributed by atoms with E-state index in [1.807, 2.05) is 0 Å². The lowest BCUT2D eigenvalue weighted by atomic mass is 10.4. The second-order valence-corrected chi connectivity index (χ2v) is 2.41. The van der Waals surface area contributed by atoms with E-state index in [1.165, 1.54) is 21.3 Å². The van der Waals surface area contributed by atoms with E-state index in [9.17, 15) is 0 Å². The maximum absolute atomic E-state index is 5.19. The highest BCUT2D eigenvalue weighted by atomic mass is 16.9. The first kappa shape index (κ1) is 12.6. The lowest BCUT2D eigenvalue weighted by Crippen LogP contribution is -2.37. The third-order valence-electron chi connectivity index (χ3n) is 1.72. The van der Waals surface area contributed by atoms with Crippen LogP contribution in [0, 0.1) is 0 Å². The van der Waals surface area contributed by atoms with Crippen molar-refractivity contribution in [2.24, 2.45) is 0 Å². The normalized spacial score (nSPS) is 11.6. The topological polar surface area (TPSA) is 36.9 Å². The molecule has 0 heterocycles. The van der Waals surface area contributed by atoms with Crippen LogP contribution in [0.1, 0.15) is 6.42 Å². The molecule has 0 atom stereocenters. The number of methoxy groups -OCH3 is 3. The van der Waals surface area contributed by atoms with Crippen molar-refractivity contribution >= 4 is 0 Å². The lowest BCUT2D eigenvalue weighted by molar-refractivity contribution is -0.357. The van der Waals surface area contributed by atoms with E-state index in [0.29, 0.717) is 19.6 Å². The van der Waals surface area contributed by atoms with E-state index in [4.69, 9.17) is 18.9 Å². The maximum Gasteiger partial charge on any atom is 0.284 e. The Labute approximate surface area is 79.4 Å². The molecule has 13 heavy (non-hydrogen) atoms. The average Bonchev–Trinajstić information content (AvgIpc) is 2.20. The number of ether oxygens (including phenoxy) is 4. The Hall–Kier alpha value is -0.420. The van der Waals surface area contributed by atoms with Gasteiger partial charge in [0.1, 0.15) is 0 Å². The highest BCUT2D eigenvalue weighted by Crippen LogP contribution is 2.16. The predicted molar refractivity (Wildman–Crippen MR) is 49.4 cm³/mol. The van der Waals surface area contributed by atoms with Crippen LogP contribution in [0.3, 0.4) is 0 Å². The molecule has 0 aliphatic carbocycles. The van der Waals surface area contributed by atoms with Crippen molar-refractivity contribution in [3.05, 3.63) is 12.7 Å². The van der Waals surface area contributed by atoms with Crippen LogP contribution in [-0.2, 0) is 18.9 Å². The molecule has 0 bridgehead atoms. The minimum absolute atomic E-state index is 0.502. The first-order valence-electron chi connectivity index (χ1n) is 4.08. The molecule has 0 aromatic carbocycles. The Balaban J connectivity index is 3.74. The van der Waals surface area contributed by atoms with Crippen LogP contribution >= 0.6 is 0 Å².